The zero-order chi connectivity index (χ0) is 17.9. The van der Waals surface area contributed by atoms with E-state index in [2.05, 4.69) is 60.7 Å². The Kier molecular flexibility index (Phi) is 4.24. The van der Waals surface area contributed by atoms with Crippen molar-refractivity contribution in [2.45, 2.75) is 0 Å². The quantitative estimate of drug-likeness (QED) is 0.266. The Hall–Kier alpha value is -3.39. The number of carbonyl (C=O) groups excluding carboxylic acids is 1. The van der Waals surface area contributed by atoms with E-state index in [4.69, 9.17) is 4.74 Å². The van der Waals surface area contributed by atoms with Crippen molar-refractivity contribution in [2.75, 3.05) is 7.11 Å². The molecule has 0 saturated heterocycles. The molecule has 0 heterocycles. The van der Waals surface area contributed by atoms with Crippen LogP contribution in [0.2, 0.25) is 0 Å². The smallest absolute Gasteiger partial charge is 0.330 e. The molecule has 0 aliphatic heterocycles. The number of fused-ring (bicyclic) bond motifs is 2. The highest BCUT2D eigenvalue weighted by Gasteiger charge is 2.13. The van der Waals surface area contributed by atoms with Crippen LogP contribution in [-0.2, 0) is 9.53 Å². The first kappa shape index (κ1) is 16.1. The fourth-order valence-corrected chi connectivity index (χ4v) is 3.48. The second-order valence-electron chi connectivity index (χ2n) is 6.10. The van der Waals surface area contributed by atoms with Gasteiger partial charge in [-0.1, -0.05) is 78.9 Å². The minimum atomic E-state index is -0.356. The van der Waals surface area contributed by atoms with Crippen molar-refractivity contribution in [3.05, 3.63) is 90.5 Å². The van der Waals surface area contributed by atoms with Crippen LogP contribution in [0.25, 0.3) is 38.7 Å². The van der Waals surface area contributed by atoms with Gasteiger partial charge < -0.3 is 4.74 Å². The van der Waals surface area contributed by atoms with Crippen LogP contribution in [-0.4, -0.2) is 13.1 Å². The van der Waals surface area contributed by atoms with E-state index in [0.717, 1.165) is 16.3 Å². The lowest BCUT2D eigenvalue weighted by Gasteiger charge is -2.15. The van der Waals surface area contributed by atoms with Gasteiger partial charge in [-0.3, -0.25) is 0 Å². The molecule has 0 radical (unpaired) electrons. The van der Waals surface area contributed by atoms with Gasteiger partial charge in [-0.2, -0.15) is 0 Å². The van der Waals surface area contributed by atoms with E-state index in [0.29, 0.717) is 0 Å². The van der Waals surface area contributed by atoms with Gasteiger partial charge in [-0.25, -0.2) is 4.79 Å². The molecular weight excluding hydrogens is 320 g/mol. The molecule has 0 aliphatic rings. The Morgan fingerprint density at radius 2 is 1.23 bits per heavy atom. The highest BCUT2D eigenvalue weighted by Crippen LogP contribution is 2.39. The Labute approximate surface area is 152 Å². The summed E-state index contributed by atoms with van der Waals surface area (Å²) in [6, 6.07) is 27.1. The lowest BCUT2D eigenvalue weighted by Crippen LogP contribution is -1.94. The second-order valence-corrected chi connectivity index (χ2v) is 6.10. The third-order valence-corrected chi connectivity index (χ3v) is 4.62. The normalized spacial score (nSPS) is 11.3. The SMILES string of the molecule is COC(=O)/C=C/c1c2ccccc2c(-c2ccccc2)c2ccccc12. The van der Waals surface area contributed by atoms with Crippen molar-refractivity contribution in [3.63, 3.8) is 0 Å². The summed E-state index contributed by atoms with van der Waals surface area (Å²) in [5, 5.41) is 4.57. The van der Waals surface area contributed by atoms with Gasteiger partial charge in [0.05, 0.1) is 7.11 Å². The molecule has 0 N–H and O–H groups in total. The Balaban J connectivity index is 2.14. The number of methoxy groups -OCH3 is 1. The molecule has 2 nitrogen and oxygen atoms in total. The monoisotopic (exact) mass is 338 g/mol. The van der Waals surface area contributed by atoms with Crippen LogP contribution in [0.1, 0.15) is 5.56 Å². The molecule has 0 saturated carbocycles. The summed E-state index contributed by atoms with van der Waals surface area (Å²) >= 11 is 0. The van der Waals surface area contributed by atoms with Gasteiger partial charge in [-0.05, 0) is 44.3 Å². The van der Waals surface area contributed by atoms with Crippen molar-refractivity contribution in [2.24, 2.45) is 0 Å². The summed E-state index contributed by atoms with van der Waals surface area (Å²) in [5.74, 6) is -0.356. The highest BCUT2D eigenvalue weighted by molar-refractivity contribution is 6.17. The number of ether oxygens (including phenoxy) is 1. The van der Waals surface area contributed by atoms with Crippen LogP contribution in [0.4, 0.5) is 0 Å². The van der Waals surface area contributed by atoms with Crippen LogP contribution in [0.5, 0.6) is 0 Å². The first-order valence-corrected chi connectivity index (χ1v) is 8.54. The molecule has 0 aromatic heterocycles. The second kappa shape index (κ2) is 6.85. The Morgan fingerprint density at radius 1 is 0.731 bits per heavy atom. The lowest BCUT2D eigenvalue weighted by molar-refractivity contribution is -0.134. The molecule has 0 fully saturated rings. The molecule has 26 heavy (non-hydrogen) atoms. The fraction of sp³-hybridized carbons (Fsp3) is 0.0417. The molecule has 0 amide bonds. The van der Waals surface area contributed by atoms with Crippen LogP contribution in [0, 0.1) is 0 Å². The molecule has 0 spiro atoms. The summed E-state index contributed by atoms with van der Waals surface area (Å²) in [5.41, 5.74) is 3.43. The largest absolute Gasteiger partial charge is 0.466 e. The van der Waals surface area contributed by atoms with Crippen LogP contribution in [0.3, 0.4) is 0 Å². The van der Waals surface area contributed by atoms with Crippen LogP contribution < -0.4 is 0 Å². The molecule has 0 atom stereocenters. The van der Waals surface area contributed by atoms with Crippen molar-refractivity contribution in [3.8, 4) is 11.1 Å². The maximum Gasteiger partial charge on any atom is 0.330 e. The molecule has 4 rings (SSSR count). The van der Waals surface area contributed by atoms with Crippen LogP contribution in [0.15, 0.2) is 84.9 Å². The topological polar surface area (TPSA) is 26.3 Å². The highest BCUT2D eigenvalue weighted by atomic mass is 16.5. The van der Waals surface area contributed by atoms with Gasteiger partial charge in [0.15, 0.2) is 0 Å². The molecule has 0 bridgehead atoms. The van der Waals surface area contributed by atoms with E-state index >= 15 is 0 Å². The summed E-state index contributed by atoms with van der Waals surface area (Å²) < 4.78 is 4.76. The predicted octanol–water partition coefficient (Wildman–Crippen LogP) is 5.85. The molecule has 0 aliphatic carbocycles. The minimum Gasteiger partial charge on any atom is -0.466 e. The molecular formula is C24H18O2. The molecule has 4 aromatic rings. The van der Waals surface area contributed by atoms with Crippen molar-refractivity contribution in [1.82, 2.24) is 0 Å². The zero-order valence-electron chi connectivity index (χ0n) is 14.5. The first-order valence-electron chi connectivity index (χ1n) is 8.54. The number of carbonyl (C=O) groups is 1. The predicted molar refractivity (Wildman–Crippen MR) is 108 cm³/mol. The van der Waals surface area contributed by atoms with Gasteiger partial charge >= 0.3 is 5.97 Å². The molecule has 4 aromatic carbocycles. The number of hydrogen-bond donors (Lipinski definition) is 0. The summed E-state index contributed by atoms with van der Waals surface area (Å²) in [6.07, 6.45) is 3.33. The third kappa shape index (κ3) is 2.76. The Bertz CT molecular complexity index is 1070. The summed E-state index contributed by atoms with van der Waals surface area (Å²) in [6.45, 7) is 0. The van der Waals surface area contributed by atoms with E-state index in [9.17, 15) is 4.79 Å². The zero-order valence-corrected chi connectivity index (χ0v) is 14.5. The van der Waals surface area contributed by atoms with Crippen molar-refractivity contribution < 1.29 is 9.53 Å². The average Bonchev–Trinajstić information content (AvgIpc) is 2.71. The van der Waals surface area contributed by atoms with E-state index < -0.39 is 0 Å². The number of hydrogen-bond acceptors (Lipinski definition) is 2. The maximum atomic E-state index is 11.6. The lowest BCUT2D eigenvalue weighted by atomic mass is 9.88. The van der Waals surface area contributed by atoms with E-state index in [1.54, 1.807) is 0 Å². The molecule has 0 unspecified atom stereocenters. The standard InChI is InChI=1S/C24H18O2/c1-26-23(25)16-15-20-18-11-5-7-13-21(18)24(17-9-3-2-4-10-17)22-14-8-6-12-19(20)22/h2-16H,1H3/b16-15+. The van der Waals surface area contributed by atoms with Gasteiger partial charge in [0.2, 0.25) is 0 Å². The van der Waals surface area contributed by atoms with E-state index in [-0.39, 0.29) is 5.97 Å². The number of esters is 1. The van der Waals surface area contributed by atoms with E-state index in [1.165, 1.54) is 35.1 Å². The first-order chi connectivity index (χ1) is 12.8. The summed E-state index contributed by atoms with van der Waals surface area (Å²) in [7, 11) is 1.39. The maximum absolute atomic E-state index is 11.6. The van der Waals surface area contributed by atoms with Gasteiger partial charge in [-0.15, -0.1) is 0 Å². The third-order valence-electron chi connectivity index (χ3n) is 4.62. The average molecular weight is 338 g/mol. The van der Waals surface area contributed by atoms with Gasteiger partial charge in [0.25, 0.3) is 0 Å². The number of benzene rings is 4. The van der Waals surface area contributed by atoms with Crippen molar-refractivity contribution >= 4 is 33.6 Å². The van der Waals surface area contributed by atoms with Gasteiger partial charge in [0.1, 0.15) is 0 Å². The van der Waals surface area contributed by atoms with Crippen molar-refractivity contribution in [1.29, 1.82) is 0 Å². The minimum absolute atomic E-state index is 0.356. The summed E-state index contributed by atoms with van der Waals surface area (Å²) in [4.78, 5) is 11.6. The Morgan fingerprint density at radius 3 is 1.77 bits per heavy atom. The number of rotatable bonds is 3. The fourth-order valence-electron chi connectivity index (χ4n) is 3.48. The van der Waals surface area contributed by atoms with Crippen LogP contribution >= 0.6 is 0 Å². The van der Waals surface area contributed by atoms with Gasteiger partial charge in [0, 0.05) is 6.08 Å². The van der Waals surface area contributed by atoms with E-state index in [1.807, 2.05) is 24.3 Å². The molecule has 2 heteroatoms. The molecule has 126 valence electrons.